The smallest absolute Gasteiger partial charge is 0.350 e. The van der Waals surface area contributed by atoms with Gasteiger partial charge in [0.25, 0.3) is 0 Å². The van der Waals surface area contributed by atoms with Crippen molar-refractivity contribution >= 4 is 11.5 Å². The Labute approximate surface area is 219 Å². The van der Waals surface area contributed by atoms with E-state index in [0.29, 0.717) is 23.5 Å². The van der Waals surface area contributed by atoms with Crippen molar-refractivity contribution in [2.45, 2.75) is 62.9 Å². The molecule has 0 unspecified atom stereocenters. The highest BCUT2D eigenvalue weighted by Gasteiger charge is 2.27. The zero-order valence-electron chi connectivity index (χ0n) is 21.8. The monoisotopic (exact) mass is 507 g/mol. The Morgan fingerprint density at radius 3 is 2.57 bits per heavy atom. The summed E-state index contributed by atoms with van der Waals surface area (Å²) in [6.45, 7) is 8.92. The van der Waals surface area contributed by atoms with Crippen molar-refractivity contribution in [2.75, 3.05) is 57.7 Å². The van der Waals surface area contributed by atoms with E-state index in [-0.39, 0.29) is 11.7 Å². The molecule has 9 nitrogen and oxygen atoms in total. The zero-order chi connectivity index (χ0) is 25.0. The van der Waals surface area contributed by atoms with Gasteiger partial charge in [0, 0.05) is 38.3 Å². The number of fused-ring (bicyclic) bond motifs is 2. The van der Waals surface area contributed by atoms with Crippen molar-refractivity contribution in [1.82, 2.24) is 30.4 Å². The van der Waals surface area contributed by atoms with Crippen LogP contribution in [0.2, 0.25) is 0 Å². The minimum absolute atomic E-state index is 0.177. The summed E-state index contributed by atoms with van der Waals surface area (Å²) in [5.41, 5.74) is 2.03. The molecule has 1 saturated carbocycles. The number of anilines is 2. The maximum atomic E-state index is 13.0. The number of piperidine rings is 1. The van der Waals surface area contributed by atoms with Gasteiger partial charge in [0.2, 0.25) is 0 Å². The van der Waals surface area contributed by atoms with Crippen molar-refractivity contribution in [3.8, 4) is 11.5 Å². The van der Waals surface area contributed by atoms with Crippen molar-refractivity contribution in [1.29, 1.82) is 0 Å². The number of hydrogen-bond acceptors (Lipinski definition) is 8. The third-order valence-corrected chi connectivity index (χ3v) is 8.59. The fourth-order valence-electron chi connectivity index (χ4n) is 6.37. The van der Waals surface area contributed by atoms with Crippen LogP contribution < -0.4 is 31.7 Å². The van der Waals surface area contributed by atoms with Crippen LogP contribution in [0.25, 0.3) is 0 Å². The molecular weight excluding hydrogens is 466 g/mol. The Morgan fingerprint density at radius 2 is 1.76 bits per heavy atom. The summed E-state index contributed by atoms with van der Waals surface area (Å²) < 4.78 is 8.03. The molecule has 2 saturated heterocycles. The van der Waals surface area contributed by atoms with Gasteiger partial charge in [-0.3, -0.25) is 4.57 Å². The molecule has 0 radical (unpaired) electrons. The van der Waals surface area contributed by atoms with E-state index >= 15 is 0 Å². The van der Waals surface area contributed by atoms with Crippen molar-refractivity contribution in [2.24, 2.45) is 0 Å². The molecule has 1 aliphatic carbocycles. The van der Waals surface area contributed by atoms with E-state index in [4.69, 9.17) is 4.74 Å². The van der Waals surface area contributed by atoms with E-state index in [1.165, 1.54) is 31.6 Å². The standard InChI is InChI=1S/C28H41N7O2/c36-28-33-27-26(37-25-7-2-21(18-24(25)32-27)20-8-11-29-12-9-20)19-35(28)23-5-3-22(4-6-23)31-10-1-15-34-16-13-30-14-17-34/h2,7,18-20,22-23,29-31H,1,3-6,8-17H2,(H,32,33,36)/t22-,23-. The van der Waals surface area contributed by atoms with E-state index in [1.54, 1.807) is 4.57 Å². The molecular formula is C28H41N7O2. The molecule has 1 aromatic heterocycles. The number of nitrogens with zero attached hydrogens (tertiary/aromatic N) is 3. The summed E-state index contributed by atoms with van der Waals surface area (Å²) >= 11 is 0. The van der Waals surface area contributed by atoms with Gasteiger partial charge in [0.15, 0.2) is 17.3 Å². The molecule has 4 N–H and O–H groups in total. The average Bonchev–Trinajstić information content (AvgIpc) is 2.95. The van der Waals surface area contributed by atoms with Crippen LogP contribution in [-0.4, -0.2) is 72.9 Å². The molecule has 9 heteroatoms. The Morgan fingerprint density at radius 1 is 0.973 bits per heavy atom. The van der Waals surface area contributed by atoms with Gasteiger partial charge < -0.3 is 30.9 Å². The molecule has 6 rings (SSSR count). The van der Waals surface area contributed by atoms with Crippen LogP contribution in [-0.2, 0) is 0 Å². The third kappa shape index (κ3) is 5.85. The van der Waals surface area contributed by atoms with Gasteiger partial charge >= 0.3 is 5.69 Å². The predicted octanol–water partition coefficient (Wildman–Crippen LogP) is 2.93. The number of rotatable bonds is 7. The lowest BCUT2D eigenvalue weighted by molar-refractivity contribution is 0.232. The first kappa shape index (κ1) is 24.9. The number of ether oxygens (including phenoxy) is 1. The van der Waals surface area contributed by atoms with Crippen LogP contribution in [0.1, 0.15) is 62.5 Å². The van der Waals surface area contributed by atoms with Gasteiger partial charge in [-0.2, -0.15) is 4.98 Å². The molecule has 2 aromatic rings. The molecule has 0 atom stereocenters. The minimum Gasteiger partial charge on any atom is -0.450 e. The van der Waals surface area contributed by atoms with Crippen molar-refractivity contribution in [3.63, 3.8) is 0 Å². The highest BCUT2D eigenvalue weighted by Crippen LogP contribution is 2.42. The van der Waals surface area contributed by atoms with E-state index in [9.17, 15) is 4.79 Å². The Hall–Kier alpha value is -2.46. The molecule has 0 amide bonds. The molecule has 4 aliphatic rings. The summed E-state index contributed by atoms with van der Waals surface area (Å²) in [5.74, 6) is 2.52. The minimum atomic E-state index is -0.194. The van der Waals surface area contributed by atoms with E-state index in [2.05, 4.69) is 49.4 Å². The maximum absolute atomic E-state index is 13.0. The maximum Gasteiger partial charge on any atom is 0.350 e. The van der Waals surface area contributed by atoms with Crippen LogP contribution in [0.15, 0.2) is 29.2 Å². The summed E-state index contributed by atoms with van der Waals surface area (Å²) in [6.07, 6.45) is 9.50. The normalized spacial score (nSPS) is 24.5. The molecule has 4 heterocycles. The van der Waals surface area contributed by atoms with Gasteiger partial charge in [0.05, 0.1) is 11.9 Å². The lowest BCUT2D eigenvalue weighted by Crippen LogP contribution is -2.44. The average molecular weight is 508 g/mol. The van der Waals surface area contributed by atoms with E-state index < -0.39 is 0 Å². The second-order valence-corrected chi connectivity index (χ2v) is 11.1. The first-order valence-corrected chi connectivity index (χ1v) is 14.3. The summed E-state index contributed by atoms with van der Waals surface area (Å²) in [4.78, 5) is 19.9. The highest BCUT2D eigenvalue weighted by molar-refractivity contribution is 5.73. The second kappa shape index (κ2) is 11.5. The summed E-state index contributed by atoms with van der Waals surface area (Å²) in [6, 6.07) is 7.12. The van der Waals surface area contributed by atoms with Crippen molar-refractivity contribution < 1.29 is 4.74 Å². The van der Waals surface area contributed by atoms with Crippen LogP contribution >= 0.6 is 0 Å². The number of aromatic nitrogens is 2. The van der Waals surface area contributed by atoms with Crippen LogP contribution in [0.5, 0.6) is 11.5 Å². The molecule has 3 fully saturated rings. The molecule has 1 aromatic carbocycles. The topological polar surface area (TPSA) is 95.5 Å². The van der Waals surface area contributed by atoms with Crippen LogP contribution in [0.4, 0.5) is 11.5 Å². The van der Waals surface area contributed by atoms with Gasteiger partial charge in [-0.05, 0) is 94.7 Å². The third-order valence-electron chi connectivity index (χ3n) is 8.59. The van der Waals surface area contributed by atoms with Crippen LogP contribution in [0.3, 0.4) is 0 Å². The number of nitrogens with one attached hydrogen (secondary N) is 4. The lowest BCUT2D eigenvalue weighted by Gasteiger charge is -2.31. The second-order valence-electron chi connectivity index (χ2n) is 11.1. The number of benzene rings is 1. The SMILES string of the molecule is O=c1nc2c(cn1[C@H]1CC[C@H](NCCCN3CCNCC3)CC1)Oc1ccc(C3CCNCC3)cc1N2. The molecule has 0 spiro atoms. The van der Waals surface area contributed by atoms with Gasteiger partial charge in [-0.25, -0.2) is 4.79 Å². The molecule has 0 bridgehead atoms. The highest BCUT2D eigenvalue weighted by atomic mass is 16.5. The van der Waals surface area contributed by atoms with Gasteiger partial charge in [-0.1, -0.05) is 6.07 Å². The quantitative estimate of drug-likeness (QED) is 0.363. The van der Waals surface area contributed by atoms with Gasteiger partial charge in [0.1, 0.15) is 0 Å². The number of piperazine rings is 1. The largest absolute Gasteiger partial charge is 0.450 e. The first-order valence-electron chi connectivity index (χ1n) is 14.3. The predicted molar refractivity (Wildman–Crippen MR) is 146 cm³/mol. The van der Waals surface area contributed by atoms with Gasteiger partial charge in [-0.15, -0.1) is 0 Å². The fourth-order valence-corrected chi connectivity index (χ4v) is 6.37. The fraction of sp³-hybridized carbons (Fsp3) is 0.643. The van der Waals surface area contributed by atoms with E-state index in [1.807, 2.05) is 6.20 Å². The molecule has 200 valence electrons. The first-order chi connectivity index (χ1) is 18.2. The summed E-state index contributed by atoms with van der Waals surface area (Å²) in [5, 5.41) is 14.0. The molecule has 37 heavy (non-hydrogen) atoms. The number of hydrogen-bond donors (Lipinski definition) is 4. The Bertz CT molecular complexity index is 1120. The molecule has 3 aliphatic heterocycles. The van der Waals surface area contributed by atoms with Crippen LogP contribution in [0, 0.1) is 0 Å². The summed E-state index contributed by atoms with van der Waals surface area (Å²) in [7, 11) is 0. The Kier molecular flexibility index (Phi) is 7.73. The lowest BCUT2D eigenvalue weighted by atomic mass is 9.90. The van der Waals surface area contributed by atoms with Crippen molar-refractivity contribution in [3.05, 3.63) is 40.4 Å². The Balaban J connectivity index is 1.03. The van der Waals surface area contributed by atoms with E-state index in [0.717, 1.165) is 82.7 Å². The zero-order valence-corrected chi connectivity index (χ0v) is 21.8.